The number of aromatic nitrogens is 3. The Kier molecular flexibility index (Phi) is 8.74. The van der Waals surface area contributed by atoms with Crippen LogP contribution in [0.3, 0.4) is 0 Å². The summed E-state index contributed by atoms with van der Waals surface area (Å²) in [6.45, 7) is 14.9. The lowest BCUT2D eigenvalue weighted by molar-refractivity contribution is -0.113. The fraction of sp³-hybridized carbons (Fsp3) is 0.600. The summed E-state index contributed by atoms with van der Waals surface area (Å²) in [5.74, 6) is 1.92. The van der Waals surface area contributed by atoms with E-state index >= 15 is 0 Å². The lowest BCUT2D eigenvalue weighted by Crippen LogP contribution is -2.44. The summed E-state index contributed by atoms with van der Waals surface area (Å²) < 4.78 is 5.49. The summed E-state index contributed by atoms with van der Waals surface area (Å²) in [6, 6.07) is 4.42. The van der Waals surface area contributed by atoms with Gasteiger partial charge in [-0.3, -0.25) is 10.3 Å². The van der Waals surface area contributed by atoms with Crippen molar-refractivity contribution in [3.8, 4) is 11.3 Å². The van der Waals surface area contributed by atoms with Gasteiger partial charge in [-0.15, -0.1) is 0 Å². The fourth-order valence-electron chi connectivity index (χ4n) is 4.05. The van der Waals surface area contributed by atoms with Crippen LogP contribution < -0.4 is 16.0 Å². The molecule has 1 atom stereocenters. The lowest BCUT2D eigenvalue weighted by atomic mass is 10.0. The third kappa shape index (κ3) is 6.06. The van der Waals surface area contributed by atoms with E-state index in [2.05, 4.69) is 55.4 Å². The second-order valence-corrected chi connectivity index (χ2v) is 8.95. The maximum atomic E-state index is 6.30. The van der Waals surface area contributed by atoms with Gasteiger partial charge in [-0.1, -0.05) is 27.7 Å². The van der Waals surface area contributed by atoms with Crippen LogP contribution >= 0.6 is 0 Å². The van der Waals surface area contributed by atoms with E-state index in [1.807, 2.05) is 14.0 Å². The highest BCUT2D eigenvalue weighted by Crippen LogP contribution is 2.31. The number of nitrogens with two attached hydrogens (primary N) is 1. The van der Waals surface area contributed by atoms with Crippen molar-refractivity contribution in [2.75, 3.05) is 50.5 Å². The number of pyridine rings is 1. The molecular formula is C25H40N7O+. The zero-order chi connectivity index (χ0) is 24.0. The number of anilines is 2. The van der Waals surface area contributed by atoms with Crippen LogP contribution in [0, 0.1) is 0 Å². The predicted octanol–water partition coefficient (Wildman–Crippen LogP) is 2.36. The molecule has 0 radical (unpaired) electrons. The van der Waals surface area contributed by atoms with Gasteiger partial charge < -0.3 is 15.4 Å². The van der Waals surface area contributed by atoms with Gasteiger partial charge in [0.2, 0.25) is 0 Å². The Hall–Kier alpha value is -2.58. The number of nitrogens with one attached hydrogen (secondary N) is 2. The largest absolute Gasteiger partial charge is 0.379 e. The Labute approximate surface area is 198 Å². The third-order valence-corrected chi connectivity index (χ3v) is 6.09. The maximum Gasteiger partial charge on any atom is 0.199 e. The van der Waals surface area contributed by atoms with Gasteiger partial charge in [0.25, 0.3) is 0 Å². The summed E-state index contributed by atoms with van der Waals surface area (Å²) in [5.41, 5.74) is 5.10. The minimum Gasteiger partial charge on any atom is -0.379 e. The van der Waals surface area contributed by atoms with Crippen LogP contribution in [0.1, 0.15) is 64.0 Å². The van der Waals surface area contributed by atoms with E-state index in [9.17, 15) is 0 Å². The van der Waals surface area contributed by atoms with E-state index in [1.165, 1.54) is 0 Å². The number of hydrogen-bond acceptors (Lipinski definition) is 7. The van der Waals surface area contributed by atoms with Crippen LogP contribution in [0.4, 0.5) is 11.6 Å². The SMILES string of the molecule is CCc1nc(NC(CC)CN2CCOCC2)c(C(C)=[NH2+])nc1-c1ccc(C(C)C)nc1NC. The van der Waals surface area contributed by atoms with Crippen molar-refractivity contribution >= 4 is 17.3 Å². The highest BCUT2D eigenvalue weighted by atomic mass is 16.5. The van der Waals surface area contributed by atoms with Crippen molar-refractivity contribution in [3.63, 3.8) is 0 Å². The maximum absolute atomic E-state index is 6.30. The molecule has 0 saturated carbocycles. The van der Waals surface area contributed by atoms with E-state index in [0.29, 0.717) is 17.3 Å². The van der Waals surface area contributed by atoms with Gasteiger partial charge in [-0.05, 0) is 30.9 Å². The van der Waals surface area contributed by atoms with E-state index in [4.69, 9.17) is 25.1 Å². The fourth-order valence-corrected chi connectivity index (χ4v) is 4.05. The van der Waals surface area contributed by atoms with E-state index in [0.717, 1.165) is 80.0 Å². The minimum atomic E-state index is 0.255. The first-order valence-corrected chi connectivity index (χ1v) is 12.1. The van der Waals surface area contributed by atoms with Crippen LogP contribution in [0.15, 0.2) is 12.1 Å². The van der Waals surface area contributed by atoms with Crippen molar-refractivity contribution in [1.82, 2.24) is 19.9 Å². The zero-order valence-corrected chi connectivity index (χ0v) is 21.0. The quantitative estimate of drug-likeness (QED) is 0.474. The number of ether oxygens (including phenoxy) is 1. The molecule has 1 aliphatic rings. The molecule has 1 fully saturated rings. The molecule has 8 heteroatoms. The molecule has 4 N–H and O–H groups in total. The number of morpholine rings is 1. The first-order valence-electron chi connectivity index (χ1n) is 12.1. The topological polar surface area (TPSA) is 101 Å². The molecule has 3 heterocycles. The molecule has 1 unspecified atom stereocenters. The van der Waals surface area contributed by atoms with Crippen molar-refractivity contribution in [3.05, 3.63) is 29.2 Å². The molecule has 2 aromatic heterocycles. The van der Waals surface area contributed by atoms with E-state index in [-0.39, 0.29) is 6.04 Å². The second-order valence-electron chi connectivity index (χ2n) is 8.95. The first-order chi connectivity index (χ1) is 15.9. The molecule has 0 spiro atoms. The lowest BCUT2D eigenvalue weighted by Gasteiger charge is -2.31. The summed E-state index contributed by atoms with van der Waals surface area (Å²) >= 11 is 0. The average molecular weight is 455 g/mol. The predicted molar refractivity (Wildman–Crippen MR) is 135 cm³/mol. The molecule has 1 aliphatic heterocycles. The Morgan fingerprint density at radius 1 is 1.12 bits per heavy atom. The number of nitrogens with zero attached hydrogens (tertiary/aromatic N) is 4. The normalized spacial score (nSPS) is 15.5. The molecule has 2 aromatic rings. The van der Waals surface area contributed by atoms with Crippen molar-refractivity contribution in [1.29, 1.82) is 0 Å². The Balaban J connectivity index is 1.98. The molecule has 33 heavy (non-hydrogen) atoms. The van der Waals surface area contributed by atoms with Crippen LogP contribution in [-0.2, 0) is 11.2 Å². The standard InChI is InChI=1S/C25H39N7O/c1-7-18(15-32-11-13-33-14-12-32)28-25-22(17(5)26)31-23(20(8-2)29-25)19-9-10-21(16(3)4)30-24(19)27-6/h9-10,16,18,26H,7-8,11-15H2,1-6H3,(H,27,30)(H,28,29)/p+1. The smallest absolute Gasteiger partial charge is 0.199 e. The Morgan fingerprint density at radius 3 is 2.42 bits per heavy atom. The van der Waals surface area contributed by atoms with E-state index in [1.54, 1.807) is 0 Å². The molecule has 1 saturated heterocycles. The summed E-state index contributed by atoms with van der Waals surface area (Å²) in [6.07, 6.45) is 1.74. The molecule has 0 aromatic carbocycles. The molecular weight excluding hydrogens is 414 g/mol. The molecule has 8 nitrogen and oxygen atoms in total. The van der Waals surface area contributed by atoms with Crippen LogP contribution in [0.5, 0.6) is 0 Å². The van der Waals surface area contributed by atoms with Gasteiger partial charge >= 0.3 is 0 Å². The minimum absolute atomic E-state index is 0.255. The average Bonchev–Trinajstić information content (AvgIpc) is 2.83. The third-order valence-electron chi connectivity index (χ3n) is 6.09. The molecule has 0 aliphatic carbocycles. The van der Waals surface area contributed by atoms with Gasteiger partial charge in [0.15, 0.2) is 17.2 Å². The summed E-state index contributed by atoms with van der Waals surface area (Å²) in [4.78, 5) is 17.3. The van der Waals surface area contributed by atoms with Gasteiger partial charge in [0, 0.05) is 50.9 Å². The summed E-state index contributed by atoms with van der Waals surface area (Å²) in [5, 5.41) is 13.2. The molecule has 180 valence electrons. The van der Waals surface area contributed by atoms with Gasteiger partial charge in [0.05, 0.1) is 24.6 Å². The summed E-state index contributed by atoms with van der Waals surface area (Å²) in [7, 11) is 1.89. The van der Waals surface area contributed by atoms with Crippen molar-refractivity contribution in [2.45, 2.75) is 59.4 Å². The van der Waals surface area contributed by atoms with Crippen molar-refractivity contribution in [2.24, 2.45) is 0 Å². The van der Waals surface area contributed by atoms with Gasteiger partial charge in [-0.25, -0.2) is 15.0 Å². The van der Waals surface area contributed by atoms with Crippen LogP contribution in [0.2, 0.25) is 0 Å². The second kappa shape index (κ2) is 11.5. The molecule has 0 bridgehead atoms. The highest BCUT2D eigenvalue weighted by Gasteiger charge is 2.23. The van der Waals surface area contributed by atoms with Gasteiger partial charge in [-0.2, -0.15) is 0 Å². The molecule has 0 amide bonds. The number of hydrogen-bond donors (Lipinski definition) is 3. The highest BCUT2D eigenvalue weighted by molar-refractivity contribution is 5.97. The zero-order valence-electron chi connectivity index (χ0n) is 21.0. The van der Waals surface area contributed by atoms with Crippen LogP contribution in [0.25, 0.3) is 11.3 Å². The molecule has 3 rings (SSSR count). The van der Waals surface area contributed by atoms with Crippen LogP contribution in [-0.4, -0.2) is 71.5 Å². The Morgan fingerprint density at radius 2 is 1.85 bits per heavy atom. The van der Waals surface area contributed by atoms with Gasteiger partial charge in [0.1, 0.15) is 5.82 Å². The monoisotopic (exact) mass is 454 g/mol. The van der Waals surface area contributed by atoms with E-state index < -0.39 is 0 Å². The number of rotatable bonds is 10. The first kappa shape index (κ1) is 25.1. The Bertz CT molecular complexity index is 954. The van der Waals surface area contributed by atoms with Crippen molar-refractivity contribution < 1.29 is 10.1 Å². The number of aryl methyl sites for hydroxylation is 1.